The van der Waals surface area contributed by atoms with E-state index in [0.717, 1.165) is 66.4 Å². The molecule has 8 aromatic carbocycles. The Morgan fingerprint density at radius 1 is 0.339 bits per heavy atom. The third-order valence-electron chi connectivity index (χ3n) is 10.6. The fourth-order valence-electron chi connectivity index (χ4n) is 7.79. The summed E-state index contributed by atoms with van der Waals surface area (Å²) in [7, 11) is 0. The fraction of sp³-hybridized carbons (Fsp3) is 0. The van der Waals surface area contributed by atoms with Gasteiger partial charge < -0.3 is 4.42 Å². The molecule has 0 atom stereocenters. The SMILES string of the molecule is c1ccc(-c2ccc(-c3nc(-c4ccccc4)nc(-c4ccc5c(c4)sc4ccc(-c6ccc(-c7ccccc7)c7oc8ccccc8c67)cc45)n3)cc2)cc1. The average molecular weight is 734 g/mol. The summed E-state index contributed by atoms with van der Waals surface area (Å²) >= 11 is 1.79. The van der Waals surface area contributed by atoms with E-state index in [1.807, 2.05) is 48.5 Å². The molecule has 56 heavy (non-hydrogen) atoms. The van der Waals surface area contributed by atoms with Gasteiger partial charge in [0.15, 0.2) is 17.5 Å². The van der Waals surface area contributed by atoms with Crippen molar-refractivity contribution in [2.75, 3.05) is 0 Å². The van der Waals surface area contributed by atoms with Crippen LogP contribution in [0.1, 0.15) is 0 Å². The highest BCUT2D eigenvalue weighted by atomic mass is 32.1. The Balaban J connectivity index is 1.02. The van der Waals surface area contributed by atoms with Crippen molar-refractivity contribution in [1.29, 1.82) is 0 Å². The normalized spacial score (nSPS) is 11.6. The molecule has 0 amide bonds. The maximum atomic E-state index is 6.58. The van der Waals surface area contributed by atoms with Crippen LogP contribution in [0.2, 0.25) is 0 Å². The number of benzene rings is 8. The van der Waals surface area contributed by atoms with E-state index in [-0.39, 0.29) is 0 Å². The molecule has 3 aromatic heterocycles. The Bertz CT molecular complexity index is 3230. The van der Waals surface area contributed by atoms with Gasteiger partial charge >= 0.3 is 0 Å². The lowest BCUT2D eigenvalue weighted by molar-refractivity contribution is 0.670. The van der Waals surface area contributed by atoms with Gasteiger partial charge in [-0.1, -0.05) is 158 Å². The van der Waals surface area contributed by atoms with E-state index in [2.05, 4.69) is 140 Å². The molecule has 0 saturated heterocycles. The van der Waals surface area contributed by atoms with Gasteiger partial charge in [0.2, 0.25) is 0 Å². The van der Waals surface area contributed by atoms with Crippen LogP contribution >= 0.6 is 11.3 Å². The molecule has 0 aliphatic rings. The summed E-state index contributed by atoms with van der Waals surface area (Å²) in [6, 6.07) is 65.7. The molecule has 5 heteroatoms. The molecule has 0 spiro atoms. The van der Waals surface area contributed by atoms with Crippen molar-refractivity contribution < 1.29 is 4.42 Å². The van der Waals surface area contributed by atoms with Crippen molar-refractivity contribution >= 4 is 53.4 Å². The maximum absolute atomic E-state index is 6.58. The first-order valence-corrected chi connectivity index (χ1v) is 19.5. The summed E-state index contributed by atoms with van der Waals surface area (Å²) in [6.07, 6.45) is 0. The molecule has 0 unspecified atom stereocenters. The van der Waals surface area contributed by atoms with Crippen molar-refractivity contribution in [3.05, 3.63) is 188 Å². The van der Waals surface area contributed by atoms with Crippen molar-refractivity contribution in [2.24, 2.45) is 0 Å². The molecule has 262 valence electrons. The number of aromatic nitrogens is 3. The summed E-state index contributed by atoms with van der Waals surface area (Å²) in [5.74, 6) is 1.94. The van der Waals surface area contributed by atoms with Gasteiger partial charge in [0.1, 0.15) is 11.2 Å². The monoisotopic (exact) mass is 733 g/mol. The second-order valence-corrected chi connectivity index (χ2v) is 15.1. The minimum Gasteiger partial charge on any atom is -0.455 e. The average Bonchev–Trinajstić information content (AvgIpc) is 3.85. The lowest BCUT2D eigenvalue weighted by Gasteiger charge is -2.09. The number of fused-ring (bicyclic) bond motifs is 6. The molecule has 0 bridgehead atoms. The number of para-hydroxylation sites is 1. The Labute approximate surface area is 327 Å². The van der Waals surface area contributed by atoms with Crippen LogP contribution in [0, 0.1) is 0 Å². The summed E-state index contributed by atoms with van der Waals surface area (Å²) in [6.45, 7) is 0. The zero-order chi connectivity index (χ0) is 37.0. The third-order valence-corrected chi connectivity index (χ3v) is 11.7. The summed E-state index contributed by atoms with van der Waals surface area (Å²) in [4.78, 5) is 15.1. The van der Waals surface area contributed by atoms with E-state index in [1.165, 1.54) is 25.7 Å². The van der Waals surface area contributed by atoms with Gasteiger partial charge in [0.25, 0.3) is 0 Å². The summed E-state index contributed by atoms with van der Waals surface area (Å²) in [5.41, 5.74) is 11.5. The van der Waals surface area contributed by atoms with Gasteiger partial charge in [-0.15, -0.1) is 11.3 Å². The van der Waals surface area contributed by atoms with Crippen molar-refractivity contribution in [3.8, 4) is 67.5 Å². The van der Waals surface area contributed by atoms with Crippen LogP contribution < -0.4 is 0 Å². The lowest BCUT2D eigenvalue weighted by atomic mass is 9.94. The van der Waals surface area contributed by atoms with Crippen molar-refractivity contribution in [2.45, 2.75) is 0 Å². The van der Waals surface area contributed by atoms with Crippen LogP contribution in [0.5, 0.6) is 0 Å². The molecule has 0 saturated carbocycles. The molecular weight excluding hydrogens is 703 g/mol. The molecule has 11 rings (SSSR count). The van der Waals surface area contributed by atoms with Crippen molar-refractivity contribution in [3.63, 3.8) is 0 Å². The van der Waals surface area contributed by atoms with Crippen LogP contribution in [-0.2, 0) is 0 Å². The Morgan fingerprint density at radius 2 is 0.875 bits per heavy atom. The molecule has 0 aliphatic heterocycles. The van der Waals surface area contributed by atoms with Crippen LogP contribution in [0.3, 0.4) is 0 Å². The minimum absolute atomic E-state index is 0.644. The molecule has 3 heterocycles. The fourth-order valence-corrected chi connectivity index (χ4v) is 8.92. The maximum Gasteiger partial charge on any atom is 0.164 e. The van der Waals surface area contributed by atoms with Crippen LogP contribution in [-0.4, -0.2) is 15.0 Å². The largest absolute Gasteiger partial charge is 0.455 e. The van der Waals surface area contributed by atoms with Crippen LogP contribution in [0.4, 0.5) is 0 Å². The first-order valence-electron chi connectivity index (χ1n) is 18.7. The second-order valence-electron chi connectivity index (χ2n) is 14.0. The molecule has 0 aliphatic carbocycles. The predicted octanol–water partition coefficient (Wildman–Crippen LogP) is 14.1. The van der Waals surface area contributed by atoms with E-state index < -0.39 is 0 Å². The van der Waals surface area contributed by atoms with E-state index in [1.54, 1.807) is 11.3 Å². The van der Waals surface area contributed by atoms with Gasteiger partial charge in [-0.25, -0.2) is 15.0 Å². The number of thiophene rings is 1. The van der Waals surface area contributed by atoms with Gasteiger partial charge in [-0.05, 0) is 58.1 Å². The standard InChI is InChI=1S/C51H31N3OS/c1-4-12-32(13-5-1)33-20-22-36(23-21-33)50-52-49(35-16-8-3-9-17-35)53-51(54-50)38-24-26-41-43-30-37(25-29-45(43)56-46(41)31-38)39-27-28-40(34-14-6-2-7-15-34)48-47(39)42-18-10-11-19-44(42)55-48/h1-31H. The van der Waals surface area contributed by atoms with E-state index >= 15 is 0 Å². The first kappa shape index (κ1) is 32.2. The first-order chi connectivity index (χ1) is 27.7. The number of hydrogen-bond acceptors (Lipinski definition) is 5. The highest BCUT2D eigenvalue weighted by Crippen LogP contribution is 2.44. The summed E-state index contributed by atoms with van der Waals surface area (Å²) in [5, 5.41) is 4.69. The third kappa shape index (κ3) is 5.56. The van der Waals surface area contributed by atoms with Crippen LogP contribution in [0.15, 0.2) is 192 Å². The Kier molecular flexibility index (Phi) is 7.64. The van der Waals surface area contributed by atoms with Gasteiger partial charge in [-0.3, -0.25) is 0 Å². The molecule has 0 fully saturated rings. The number of furan rings is 1. The molecule has 4 nitrogen and oxygen atoms in total. The van der Waals surface area contributed by atoms with Gasteiger partial charge in [0, 0.05) is 53.2 Å². The van der Waals surface area contributed by atoms with E-state index in [4.69, 9.17) is 19.4 Å². The minimum atomic E-state index is 0.644. The summed E-state index contributed by atoms with van der Waals surface area (Å²) < 4.78 is 9.00. The van der Waals surface area contributed by atoms with E-state index in [9.17, 15) is 0 Å². The number of rotatable bonds is 6. The molecular formula is C51H31N3OS. The predicted molar refractivity (Wildman–Crippen MR) is 233 cm³/mol. The van der Waals surface area contributed by atoms with Crippen molar-refractivity contribution in [1.82, 2.24) is 15.0 Å². The Hall–Kier alpha value is -7.21. The lowest BCUT2D eigenvalue weighted by Crippen LogP contribution is -2.00. The van der Waals surface area contributed by atoms with E-state index in [0.29, 0.717) is 17.5 Å². The van der Waals surface area contributed by atoms with Gasteiger partial charge in [0.05, 0.1) is 0 Å². The topological polar surface area (TPSA) is 51.8 Å². The number of hydrogen-bond donors (Lipinski definition) is 0. The van der Waals surface area contributed by atoms with Gasteiger partial charge in [-0.2, -0.15) is 0 Å². The highest BCUT2D eigenvalue weighted by Gasteiger charge is 2.19. The second kappa shape index (κ2) is 13.3. The highest BCUT2D eigenvalue weighted by molar-refractivity contribution is 7.25. The quantitative estimate of drug-likeness (QED) is 0.171. The molecule has 11 aromatic rings. The van der Waals surface area contributed by atoms with Crippen LogP contribution in [0.25, 0.3) is 110 Å². The smallest absolute Gasteiger partial charge is 0.164 e. The zero-order valence-electron chi connectivity index (χ0n) is 30.1. The Morgan fingerprint density at radius 3 is 1.61 bits per heavy atom. The zero-order valence-corrected chi connectivity index (χ0v) is 30.9. The molecule has 0 radical (unpaired) electrons. The number of nitrogens with zero attached hydrogens (tertiary/aromatic N) is 3. The molecule has 0 N–H and O–H groups in total.